The highest BCUT2D eigenvalue weighted by molar-refractivity contribution is 9.10. The molecule has 4 rings (SSSR count). The van der Waals surface area contributed by atoms with E-state index >= 15 is 0 Å². The predicted molar refractivity (Wildman–Crippen MR) is 114 cm³/mol. The van der Waals surface area contributed by atoms with E-state index in [1.807, 2.05) is 24.3 Å². The molecule has 0 radical (unpaired) electrons. The van der Waals surface area contributed by atoms with Gasteiger partial charge in [-0.3, -0.25) is 4.79 Å². The first-order chi connectivity index (χ1) is 14.5. The molecule has 6 nitrogen and oxygen atoms in total. The minimum Gasteiger partial charge on any atom is -0.350 e. The van der Waals surface area contributed by atoms with E-state index in [1.165, 1.54) is 12.1 Å². The van der Waals surface area contributed by atoms with Crippen LogP contribution in [0, 0.1) is 5.82 Å². The number of amides is 1. The molecule has 0 saturated carbocycles. The van der Waals surface area contributed by atoms with Gasteiger partial charge in [-0.2, -0.15) is 4.98 Å². The van der Waals surface area contributed by atoms with Crippen LogP contribution in [0.3, 0.4) is 0 Å². The molecule has 9 heteroatoms. The number of hydrogen-bond donors (Lipinski definition) is 1. The highest BCUT2D eigenvalue weighted by Gasteiger charge is 2.15. The highest BCUT2D eigenvalue weighted by atomic mass is 79.9. The number of benzene rings is 2. The molecule has 1 amide bonds. The van der Waals surface area contributed by atoms with E-state index in [2.05, 4.69) is 31.4 Å². The number of hydrogen-bond acceptors (Lipinski definition) is 4. The van der Waals surface area contributed by atoms with Gasteiger partial charge in [-0.1, -0.05) is 38.8 Å². The molecule has 2 aromatic heterocycles. The fourth-order valence-electron chi connectivity index (χ4n) is 2.86. The molecule has 1 N–H and O–H groups in total. The SMILES string of the molecule is O=C(Cn1cccc1-c1nc(-c2ccc(Br)cc2)no1)NCc1ccc(F)cc1Cl. The zero-order chi connectivity index (χ0) is 21.1. The smallest absolute Gasteiger partial charge is 0.274 e. The standard InChI is InChI=1S/C21H15BrClFN4O2/c22-15-6-3-13(4-7-15)20-26-21(30-27-20)18-2-1-9-28(18)12-19(29)25-11-14-5-8-16(24)10-17(14)23/h1-10H,11-12H2,(H,25,29). The molecule has 2 heterocycles. The van der Waals surface area contributed by atoms with E-state index in [0.717, 1.165) is 10.0 Å². The molecule has 0 atom stereocenters. The number of halogens is 3. The average molecular weight is 490 g/mol. The van der Waals surface area contributed by atoms with Gasteiger partial charge in [-0.25, -0.2) is 4.39 Å². The van der Waals surface area contributed by atoms with Gasteiger partial charge in [0, 0.05) is 27.8 Å². The van der Waals surface area contributed by atoms with Gasteiger partial charge in [0.25, 0.3) is 5.89 Å². The minimum absolute atomic E-state index is 0.0527. The first kappa shape index (κ1) is 20.3. The summed E-state index contributed by atoms with van der Waals surface area (Å²) in [6, 6.07) is 15.2. The summed E-state index contributed by atoms with van der Waals surface area (Å²) in [5.74, 6) is 0.113. The highest BCUT2D eigenvalue weighted by Crippen LogP contribution is 2.24. The Morgan fingerprint density at radius 1 is 1.20 bits per heavy atom. The number of carbonyl (C=O) groups is 1. The van der Waals surface area contributed by atoms with Crippen LogP contribution in [0.25, 0.3) is 23.0 Å². The van der Waals surface area contributed by atoms with Gasteiger partial charge >= 0.3 is 0 Å². The topological polar surface area (TPSA) is 73.0 Å². The lowest BCUT2D eigenvalue weighted by Gasteiger charge is -2.09. The van der Waals surface area contributed by atoms with Crippen molar-refractivity contribution in [3.63, 3.8) is 0 Å². The molecule has 0 aliphatic rings. The fourth-order valence-corrected chi connectivity index (χ4v) is 3.36. The summed E-state index contributed by atoms with van der Waals surface area (Å²) >= 11 is 9.39. The molecule has 2 aromatic carbocycles. The van der Waals surface area contributed by atoms with E-state index in [1.54, 1.807) is 29.0 Å². The minimum atomic E-state index is -0.422. The van der Waals surface area contributed by atoms with Crippen molar-refractivity contribution in [1.29, 1.82) is 0 Å². The largest absolute Gasteiger partial charge is 0.350 e. The van der Waals surface area contributed by atoms with Gasteiger partial charge in [0.2, 0.25) is 11.7 Å². The van der Waals surface area contributed by atoms with E-state index in [4.69, 9.17) is 16.1 Å². The molecule has 0 fully saturated rings. The molecule has 152 valence electrons. The second-order valence-electron chi connectivity index (χ2n) is 6.46. The van der Waals surface area contributed by atoms with Crippen LogP contribution in [-0.4, -0.2) is 20.6 Å². The summed E-state index contributed by atoms with van der Waals surface area (Å²) in [4.78, 5) is 16.8. The van der Waals surface area contributed by atoms with Crippen molar-refractivity contribution in [1.82, 2.24) is 20.0 Å². The Morgan fingerprint density at radius 2 is 2.00 bits per heavy atom. The second kappa shape index (κ2) is 8.81. The predicted octanol–water partition coefficient (Wildman–Crippen LogP) is 5.08. The normalized spacial score (nSPS) is 10.9. The summed E-state index contributed by atoms with van der Waals surface area (Å²) in [5.41, 5.74) is 2.08. The third-order valence-electron chi connectivity index (χ3n) is 4.38. The number of aromatic nitrogens is 3. The Morgan fingerprint density at radius 3 is 2.77 bits per heavy atom. The van der Waals surface area contributed by atoms with Crippen molar-refractivity contribution >= 4 is 33.4 Å². The number of nitrogens with zero attached hydrogens (tertiary/aromatic N) is 3. The molecule has 0 saturated heterocycles. The van der Waals surface area contributed by atoms with Crippen molar-refractivity contribution in [3.05, 3.63) is 81.7 Å². The quantitative estimate of drug-likeness (QED) is 0.410. The average Bonchev–Trinajstić information content (AvgIpc) is 3.37. The Labute approximate surface area is 184 Å². The maximum Gasteiger partial charge on any atom is 0.274 e. The molecule has 0 aliphatic heterocycles. The van der Waals surface area contributed by atoms with Crippen molar-refractivity contribution in [2.45, 2.75) is 13.1 Å². The summed E-state index contributed by atoms with van der Waals surface area (Å²) in [6.45, 7) is 0.250. The van der Waals surface area contributed by atoms with Gasteiger partial charge in [-0.05, 0) is 54.1 Å². The Kier molecular flexibility index (Phi) is 5.96. The van der Waals surface area contributed by atoms with Crippen molar-refractivity contribution in [2.75, 3.05) is 0 Å². The third-order valence-corrected chi connectivity index (χ3v) is 5.26. The monoisotopic (exact) mass is 488 g/mol. The Balaban J connectivity index is 1.44. The zero-order valence-electron chi connectivity index (χ0n) is 15.5. The maximum absolute atomic E-state index is 13.1. The molecule has 0 spiro atoms. The first-order valence-electron chi connectivity index (χ1n) is 8.95. The number of carbonyl (C=O) groups excluding carboxylic acids is 1. The first-order valence-corrected chi connectivity index (χ1v) is 10.1. The van der Waals surface area contributed by atoms with Crippen LogP contribution in [0.5, 0.6) is 0 Å². The van der Waals surface area contributed by atoms with Crippen LogP contribution in [0.15, 0.2) is 69.8 Å². The number of nitrogens with one attached hydrogen (secondary N) is 1. The third kappa shape index (κ3) is 4.60. The Hall–Kier alpha value is -2.97. The van der Waals surface area contributed by atoms with Crippen LogP contribution in [0.4, 0.5) is 4.39 Å². The number of rotatable bonds is 6. The lowest BCUT2D eigenvalue weighted by molar-refractivity contribution is -0.121. The van der Waals surface area contributed by atoms with Crippen LogP contribution < -0.4 is 5.32 Å². The van der Waals surface area contributed by atoms with E-state index in [9.17, 15) is 9.18 Å². The lowest BCUT2D eigenvalue weighted by Crippen LogP contribution is -2.27. The van der Waals surface area contributed by atoms with Gasteiger partial charge in [0.1, 0.15) is 18.1 Å². The molecule has 4 aromatic rings. The zero-order valence-corrected chi connectivity index (χ0v) is 17.8. The molecule has 0 unspecified atom stereocenters. The maximum atomic E-state index is 13.1. The van der Waals surface area contributed by atoms with Crippen molar-refractivity contribution < 1.29 is 13.7 Å². The van der Waals surface area contributed by atoms with Gasteiger partial charge < -0.3 is 14.4 Å². The molecule has 0 aliphatic carbocycles. The van der Waals surface area contributed by atoms with Crippen LogP contribution in [0.1, 0.15) is 5.56 Å². The van der Waals surface area contributed by atoms with E-state index < -0.39 is 5.82 Å². The van der Waals surface area contributed by atoms with E-state index in [0.29, 0.717) is 23.0 Å². The van der Waals surface area contributed by atoms with Crippen LogP contribution in [-0.2, 0) is 17.9 Å². The fraction of sp³-hybridized carbons (Fsp3) is 0.0952. The molecular weight excluding hydrogens is 475 g/mol. The van der Waals surface area contributed by atoms with Crippen molar-refractivity contribution in [3.8, 4) is 23.0 Å². The summed E-state index contributed by atoms with van der Waals surface area (Å²) in [6.07, 6.45) is 1.75. The summed E-state index contributed by atoms with van der Waals surface area (Å²) in [7, 11) is 0. The summed E-state index contributed by atoms with van der Waals surface area (Å²) < 4.78 is 21.2. The van der Waals surface area contributed by atoms with Gasteiger partial charge in [0.05, 0.1) is 0 Å². The van der Waals surface area contributed by atoms with Gasteiger partial charge in [-0.15, -0.1) is 0 Å². The van der Waals surface area contributed by atoms with Crippen LogP contribution >= 0.6 is 27.5 Å². The lowest BCUT2D eigenvalue weighted by atomic mass is 10.2. The summed E-state index contributed by atoms with van der Waals surface area (Å²) in [5, 5.41) is 7.07. The molecule has 30 heavy (non-hydrogen) atoms. The van der Waals surface area contributed by atoms with Crippen LogP contribution in [0.2, 0.25) is 5.02 Å². The molecular formula is C21H15BrClFN4O2. The molecule has 0 bridgehead atoms. The van der Waals surface area contributed by atoms with Crippen molar-refractivity contribution in [2.24, 2.45) is 0 Å². The second-order valence-corrected chi connectivity index (χ2v) is 7.79. The Bertz CT molecular complexity index is 1190. The van der Waals surface area contributed by atoms with E-state index in [-0.39, 0.29) is 24.0 Å². The van der Waals surface area contributed by atoms with Gasteiger partial charge in [0.15, 0.2) is 0 Å².